The number of ether oxygens (including phenoxy) is 1. The molecule has 0 spiro atoms. The average molecular weight is 320 g/mol. The van der Waals surface area contributed by atoms with Gasteiger partial charge in [0.2, 0.25) is 0 Å². The van der Waals surface area contributed by atoms with Gasteiger partial charge in [0.25, 0.3) is 10.0 Å². The van der Waals surface area contributed by atoms with Crippen LogP contribution in [0.25, 0.3) is 0 Å². The lowest BCUT2D eigenvalue weighted by Gasteiger charge is -2.27. The van der Waals surface area contributed by atoms with Crippen molar-refractivity contribution in [3.05, 3.63) is 11.2 Å². The normalized spacial score (nSPS) is 18.9. The topological polar surface area (TPSA) is 106 Å². The van der Waals surface area contributed by atoms with Gasteiger partial charge in [-0.3, -0.25) is 0 Å². The van der Waals surface area contributed by atoms with Gasteiger partial charge in [0.05, 0.1) is 5.51 Å². The zero-order valence-electron chi connectivity index (χ0n) is 10.9. The van der Waals surface area contributed by atoms with Crippen LogP contribution in [0.2, 0.25) is 0 Å². The molecule has 112 valence electrons. The summed E-state index contributed by atoms with van der Waals surface area (Å²) >= 11 is 0.806. The van der Waals surface area contributed by atoms with E-state index in [1.165, 1.54) is 5.51 Å². The fourth-order valence-corrected chi connectivity index (χ4v) is 4.65. The molecule has 0 radical (unpaired) electrons. The molecular formula is C11H16N2O5S2. The molecule has 0 saturated carbocycles. The molecule has 1 saturated heterocycles. The summed E-state index contributed by atoms with van der Waals surface area (Å²) in [4.78, 5) is 14.5. The number of sulfonamides is 1. The fraction of sp³-hybridized carbons (Fsp3) is 0.636. The number of aromatic nitrogens is 1. The number of hydrogen-bond acceptors (Lipinski definition) is 6. The highest BCUT2D eigenvalue weighted by molar-refractivity contribution is 7.91. The Morgan fingerprint density at radius 3 is 2.80 bits per heavy atom. The predicted molar refractivity (Wildman–Crippen MR) is 72.4 cm³/mol. The standard InChI is InChI=1S/C11H16N2O5S2/c1-7(8-2-4-18-5-3-8)13-20(16,17)11-9(10(14)15)12-6-19-11/h6-8,13H,2-5H2,1H3,(H,14,15). The molecule has 2 heterocycles. The van der Waals surface area contributed by atoms with Gasteiger partial charge < -0.3 is 9.84 Å². The summed E-state index contributed by atoms with van der Waals surface area (Å²) in [6.45, 7) is 3.03. The Morgan fingerprint density at radius 1 is 1.55 bits per heavy atom. The molecule has 1 atom stereocenters. The molecule has 9 heteroatoms. The monoisotopic (exact) mass is 320 g/mol. The number of nitrogens with one attached hydrogen (secondary N) is 1. The number of hydrogen-bond donors (Lipinski definition) is 2. The van der Waals surface area contributed by atoms with E-state index in [0.717, 1.165) is 24.2 Å². The third-order valence-corrected chi connectivity index (χ3v) is 6.22. The highest BCUT2D eigenvalue weighted by Gasteiger charge is 2.30. The Hall–Kier alpha value is -1.03. The minimum Gasteiger partial charge on any atom is -0.476 e. The Morgan fingerprint density at radius 2 is 2.20 bits per heavy atom. The quantitative estimate of drug-likeness (QED) is 0.836. The van der Waals surface area contributed by atoms with Gasteiger partial charge in [-0.05, 0) is 25.7 Å². The van der Waals surface area contributed by atoms with Crippen molar-refractivity contribution in [2.75, 3.05) is 13.2 Å². The molecule has 0 amide bonds. The summed E-state index contributed by atoms with van der Waals surface area (Å²) in [6.07, 6.45) is 1.58. The van der Waals surface area contributed by atoms with Crippen molar-refractivity contribution in [2.24, 2.45) is 5.92 Å². The van der Waals surface area contributed by atoms with E-state index in [-0.39, 0.29) is 16.2 Å². The van der Waals surface area contributed by atoms with Crippen LogP contribution in [-0.4, -0.2) is 43.7 Å². The number of carboxylic acid groups (broad SMARTS) is 1. The first kappa shape index (κ1) is 15.4. The molecule has 2 N–H and O–H groups in total. The maximum atomic E-state index is 12.2. The van der Waals surface area contributed by atoms with E-state index in [1.54, 1.807) is 6.92 Å². The second-order valence-corrected chi connectivity index (χ2v) is 7.42. The van der Waals surface area contributed by atoms with Crippen LogP contribution in [0.1, 0.15) is 30.3 Å². The summed E-state index contributed by atoms with van der Waals surface area (Å²) in [5.74, 6) is -1.15. The summed E-state index contributed by atoms with van der Waals surface area (Å²) in [5, 5.41) is 8.94. The van der Waals surface area contributed by atoms with Crippen LogP contribution in [0.15, 0.2) is 9.72 Å². The van der Waals surface area contributed by atoms with Crippen molar-refractivity contribution >= 4 is 27.3 Å². The first-order chi connectivity index (χ1) is 9.42. The fourth-order valence-electron chi connectivity index (χ4n) is 2.18. The average Bonchev–Trinajstić information content (AvgIpc) is 2.89. The molecule has 1 unspecified atom stereocenters. The molecule has 0 aromatic carbocycles. The van der Waals surface area contributed by atoms with Gasteiger partial charge in [0.15, 0.2) is 9.90 Å². The number of aromatic carboxylic acids is 1. The Bertz CT molecular complexity index is 577. The zero-order valence-corrected chi connectivity index (χ0v) is 12.5. The lowest BCUT2D eigenvalue weighted by atomic mass is 9.94. The van der Waals surface area contributed by atoms with Crippen molar-refractivity contribution in [3.8, 4) is 0 Å². The molecule has 0 aliphatic carbocycles. The van der Waals surface area contributed by atoms with Crippen LogP contribution in [0.4, 0.5) is 0 Å². The summed E-state index contributed by atoms with van der Waals surface area (Å²) in [5.41, 5.74) is 0.790. The van der Waals surface area contributed by atoms with E-state index in [0.29, 0.717) is 13.2 Å². The van der Waals surface area contributed by atoms with E-state index in [4.69, 9.17) is 9.84 Å². The summed E-state index contributed by atoms with van der Waals surface area (Å²) < 4.78 is 32.0. The van der Waals surface area contributed by atoms with Crippen LogP contribution in [0, 0.1) is 5.92 Å². The Kier molecular flexibility index (Phi) is 4.74. The van der Waals surface area contributed by atoms with Gasteiger partial charge in [-0.25, -0.2) is 22.9 Å². The summed E-state index contributed by atoms with van der Waals surface area (Å²) in [6, 6.07) is -0.271. The van der Waals surface area contributed by atoms with Crippen LogP contribution in [0.5, 0.6) is 0 Å². The second kappa shape index (κ2) is 6.17. The number of carboxylic acids is 1. The maximum absolute atomic E-state index is 12.2. The van der Waals surface area contributed by atoms with Gasteiger partial charge in [-0.15, -0.1) is 11.3 Å². The van der Waals surface area contributed by atoms with Crippen molar-refractivity contribution in [2.45, 2.75) is 30.0 Å². The highest BCUT2D eigenvalue weighted by Crippen LogP contribution is 2.23. The van der Waals surface area contributed by atoms with Gasteiger partial charge in [-0.1, -0.05) is 0 Å². The predicted octanol–water partition coefficient (Wildman–Crippen LogP) is 0.935. The highest BCUT2D eigenvalue weighted by atomic mass is 32.2. The molecule has 1 aromatic rings. The largest absolute Gasteiger partial charge is 0.476 e. The zero-order chi connectivity index (χ0) is 14.8. The maximum Gasteiger partial charge on any atom is 0.356 e. The van der Waals surface area contributed by atoms with E-state index in [9.17, 15) is 13.2 Å². The third-order valence-electron chi connectivity index (χ3n) is 3.30. The van der Waals surface area contributed by atoms with Gasteiger partial charge in [-0.2, -0.15) is 0 Å². The third kappa shape index (κ3) is 3.35. The van der Waals surface area contributed by atoms with Crippen molar-refractivity contribution in [1.82, 2.24) is 9.71 Å². The minimum atomic E-state index is -3.86. The molecule has 1 aliphatic heterocycles. The van der Waals surface area contributed by atoms with Gasteiger partial charge in [0, 0.05) is 19.3 Å². The lowest BCUT2D eigenvalue weighted by Crippen LogP contribution is -2.40. The van der Waals surface area contributed by atoms with Crippen LogP contribution < -0.4 is 4.72 Å². The number of thiazole rings is 1. The first-order valence-corrected chi connectivity index (χ1v) is 8.55. The van der Waals surface area contributed by atoms with Gasteiger partial charge in [0.1, 0.15) is 0 Å². The molecule has 0 bridgehead atoms. The van der Waals surface area contributed by atoms with Crippen molar-refractivity contribution in [3.63, 3.8) is 0 Å². The van der Waals surface area contributed by atoms with E-state index in [2.05, 4.69) is 9.71 Å². The SMILES string of the molecule is CC(NS(=O)(=O)c1scnc1C(=O)O)C1CCOCC1. The number of rotatable bonds is 5. The number of carbonyl (C=O) groups is 1. The molecular weight excluding hydrogens is 304 g/mol. The molecule has 1 fully saturated rings. The molecule has 20 heavy (non-hydrogen) atoms. The van der Waals surface area contributed by atoms with Crippen LogP contribution in [0.3, 0.4) is 0 Å². The second-order valence-electron chi connectivity index (χ2n) is 4.65. The van der Waals surface area contributed by atoms with E-state index in [1.807, 2.05) is 0 Å². The minimum absolute atomic E-state index is 0.194. The van der Waals surface area contributed by atoms with Gasteiger partial charge >= 0.3 is 5.97 Å². The van der Waals surface area contributed by atoms with Crippen LogP contribution in [-0.2, 0) is 14.8 Å². The smallest absolute Gasteiger partial charge is 0.356 e. The molecule has 7 nitrogen and oxygen atoms in total. The molecule has 1 aliphatic rings. The first-order valence-electron chi connectivity index (χ1n) is 6.18. The number of nitrogens with zero attached hydrogens (tertiary/aromatic N) is 1. The van der Waals surface area contributed by atoms with Crippen molar-refractivity contribution in [1.29, 1.82) is 0 Å². The lowest BCUT2D eigenvalue weighted by molar-refractivity contribution is 0.0586. The Balaban J connectivity index is 2.14. The summed E-state index contributed by atoms with van der Waals surface area (Å²) in [7, 11) is -3.86. The molecule has 2 rings (SSSR count). The molecule has 1 aromatic heterocycles. The van der Waals surface area contributed by atoms with E-state index >= 15 is 0 Å². The van der Waals surface area contributed by atoms with Crippen molar-refractivity contribution < 1.29 is 23.1 Å². The Labute approximate surface area is 121 Å². The van der Waals surface area contributed by atoms with Crippen LogP contribution >= 0.6 is 11.3 Å². The van der Waals surface area contributed by atoms with E-state index < -0.39 is 21.7 Å².